The van der Waals surface area contributed by atoms with Crippen molar-refractivity contribution in [2.45, 2.75) is 27.7 Å². The van der Waals surface area contributed by atoms with Crippen LogP contribution in [0.3, 0.4) is 0 Å². The molecule has 0 radical (unpaired) electrons. The molecule has 4 heterocycles. The molecule has 0 unspecified atom stereocenters. The van der Waals surface area contributed by atoms with Crippen LogP contribution in [0, 0.1) is 35.1 Å². The maximum atomic E-state index is 4.24. The minimum absolute atomic E-state index is 0.982. The summed E-state index contributed by atoms with van der Waals surface area (Å²) < 4.78 is 9.18. The maximum absolute atomic E-state index is 4.24. The van der Waals surface area contributed by atoms with Crippen molar-refractivity contribution >= 4 is 45.2 Å². The van der Waals surface area contributed by atoms with E-state index in [0.29, 0.717) is 0 Å². The van der Waals surface area contributed by atoms with E-state index >= 15 is 0 Å². The Labute approximate surface area is 153 Å². The second-order valence-corrected chi connectivity index (χ2v) is 6.96. The molecule has 0 aliphatic rings. The molecule has 0 bridgehead atoms. The van der Waals surface area contributed by atoms with E-state index in [4.69, 9.17) is 0 Å². The highest BCUT2D eigenvalue weighted by Gasteiger charge is 2.06. The summed E-state index contributed by atoms with van der Waals surface area (Å²) in [5.41, 5.74) is 3.99. The summed E-state index contributed by atoms with van der Waals surface area (Å²) in [5, 5.41) is 17.0. The van der Waals surface area contributed by atoms with Crippen LogP contribution in [0.5, 0.6) is 0 Å². The number of aromatic nitrogens is 8. The summed E-state index contributed by atoms with van der Waals surface area (Å²) in [7, 11) is 0. The molecule has 22 heavy (non-hydrogen) atoms. The van der Waals surface area contributed by atoms with Crippen LogP contribution in [0.4, 0.5) is 0 Å². The molecule has 0 N–H and O–H groups in total. The van der Waals surface area contributed by atoms with Gasteiger partial charge in [0, 0.05) is 13.8 Å². The van der Waals surface area contributed by atoms with Gasteiger partial charge in [-0.3, -0.25) is 10.2 Å². The largest absolute Gasteiger partial charge is 0.275 e. The van der Waals surface area contributed by atoms with E-state index in [1.165, 1.54) is 0 Å². The Morgan fingerprint density at radius 1 is 0.818 bits per heavy atom. The number of aryl methyl sites for hydroxylation is 4. The predicted molar refractivity (Wildman–Crippen MR) is 92.7 cm³/mol. The molecule has 4 rings (SSSR count). The Hall–Kier alpha value is -1.18. The van der Waals surface area contributed by atoms with Gasteiger partial charge in [-0.2, -0.15) is 9.26 Å². The number of hydrogen-bond acceptors (Lipinski definition) is 2. The highest BCUT2D eigenvalue weighted by molar-refractivity contribution is 14.1. The van der Waals surface area contributed by atoms with Gasteiger partial charge in [-0.25, -0.2) is 0 Å². The Morgan fingerprint density at radius 3 is 1.50 bits per heavy atom. The van der Waals surface area contributed by atoms with Crippen molar-refractivity contribution in [3.8, 4) is 0 Å². The van der Waals surface area contributed by atoms with Crippen LogP contribution in [0.2, 0.25) is 0 Å². The van der Waals surface area contributed by atoms with Crippen molar-refractivity contribution in [1.29, 1.82) is 0 Å². The molecule has 4 aromatic rings. The normalized spacial score (nSPS) is 11.2. The third kappa shape index (κ3) is 2.73. The smallest absolute Gasteiger partial charge is 0.192 e. The Kier molecular flexibility index (Phi) is 4.13. The molecule has 0 aliphatic heterocycles. The fourth-order valence-corrected chi connectivity index (χ4v) is 2.85. The second-order valence-electron chi connectivity index (χ2n) is 4.91. The lowest BCUT2D eigenvalue weighted by molar-refractivity contribution is -0.682. The lowest BCUT2D eigenvalue weighted by atomic mass is 10.6. The lowest BCUT2D eigenvalue weighted by Crippen LogP contribution is -2.29. The van der Waals surface area contributed by atoms with E-state index in [1.54, 1.807) is 18.5 Å². The van der Waals surface area contributed by atoms with Gasteiger partial charge in [0.1, 0.15) is 12.4 Å². The van der Waals surface area contributed by atoms with E-state index in [-0.39, 0.29) is 0 Å². The fourth-order valence-electron chi connectivity index (χ4n) is 1.98. The van der Waals surface area contributed by atoms with Crippen LogP contribution < -0.4 is 19.5 Å². The van der Waals surface area contributed by atoms with Crippen molar-refractivity contribution in [3.05, 3.63) is 42.6 Å². The first kappa shape index (κ1) is 15.7. The molecule has 0 fully saturated rings. The van der Waals surface area contributed by atoms with Gasteiger partial charge in [-0.1, -0.05) is 0 Å². The molecule has 4 aromatic heterocycles. The van der Waals surface area contributed by atoms with Gasteiger partial charge in [0.2, 0.25) is 0 Å². The zero-order valence-corrected chi connectivity index (χ0v) is 16.8. The van der Waals surface area contributed by atoms with Gasteiger partial charge in [-0.05, 0) is 80.6 Å². The fraction of sp³-hybridized carbons (Fsp3) is 0.333. The number of nitrogens with zero attached hydrogens (tertiary/aromatic N) is 8. The van der Waals surface area contributed by atoms with Crippen LogP contribution in [0.25, 0.3) is 0 Å². The SMILES string of the molecule is Cc1c[n+]2[n-]c(C)c(I)n2n1.Cc1c[n+]2[n-]c(C)c(I)n2n1. The second kappa shape index (κ2) is 5.79. The van der Waals surface area contributed by atoms with E-state index < -0.39 is 0 Å². The van der Waals surface area contributed by atoms with E-state index in [1.807, 2.05) is 40.1 Å². The van der Waals surface area contributed by atoms with Crippen molar-refractivity contribution < 1.29 is 9.26 Å². The van der Waals surface area contributed by atoms with Crippen LogP contribution in [-0.4, -0.2) is 19.5 Å². The van der Waals surface area contributed by atoms with Crippen molar-refractivity contribution in [1.82, 2.24) is 29.7 Å². The molecular formula is C12H14I2N8. The van der Waals surface area contributed by atoms with Gasteiger partial charge in [0.25, 0.3) is 0 Å². The number of fused-ring (bicyclic) bond motifs is 2. The standard InChI is InChI=1S/2C6H7IN4/c2*1-4-3-10-9-5(2)6(7)11(10)8-4/h2*3H,1-2H3. The first-order valence-corrected chi connectivity index (χ1v) is 8.67. The van der Waals surface area contributed by atoms with Crippen LogP contribution in [0.15, 0.2) is 12.4 Å². The third-order valence-electron chi connectivity index (χ3n) is 2.95. The van der Waals surface area contributed by atoms with Gasteiger partial charge in [0.15, 0.2) is 11.4 Å². The first-order chi connectivity index (χ1) is 10.4. The molecule has 0 aromatic carbocycles. The van der Waals surface area contributed by atoms with Gasteiger partial charge >= 0.3 is 0 Å². The summed E-state index contributed by atoms with van der Waals surface area (Å²) in [6.07, 6.45) is 3.80. The van der Waals surface area contributed by atoms with Crippen molar-refractivity contribution in [2.75, 3.05) is 0 Å². The van der Waals surface area contributed by atoms with Crippen LogP contribution in [-0.2, 0) is 0 Å². The summed E-state index contributed by atoms with van der Waals surface area (Å²) in [5.74, 6) is 0. The lowest BCUT2D eigenvalue weighted by Gasteiger charge is -1.84. The van der Waals surface area contributed by atoms with E-state index in [0.717, 1.165) is 30.2 Å². The van der Waals surface area contributed by atoms with Crippen LogP contribution >= 0.6 is 45.2 Å². The molecule has 0 spiro atoms. The zero-order chi connectivity index (χ0) is 16.0. The average molecular weight is 524 g/mol. The molecular weight excluding hydrogens is 510 g/mol. The quantitative estimate of drug-likeness (QED) is 0.244. The minimum atomic E-state index is 0.982. The topological polar surface area (TPSA) is 71.0 Å². The molecule has 8 nitrogen and oxygen atoms in total. The molecule has 0 atom stereocenters. The molecule has 0 saturated carbocycles. The Morgan fingerprint density at radius 2 is 1.18 bits per heavy atom. The average Bonchev–Trinajstić information content (AvgIpc) is 3.11. The van der Waals surface area contributed by atoms with E-state index in [9.17, 15) is 0 Å². The summed E-state index contributed by atoms with van der Waals surface area (Å²) in [6.45, 7) is 7.84. The number of halogens is 2. The molecule has 0 amide bonds. The summed E-state index contributed by atoms with van der Waals surface area (Å²) >= 11 is 4.46. The third-order valence-corrected chi connectivity index (χ3v) is 5.38. The molecule has 0 saturated heterocycles. The summed E-state index contributed by atoms with van der Waals surface area (Å²) in [6, 6.07) is 0. The van der Waals surface area contributed by atoms with Crippen LogP contribution in [0.1, 0.15) is 22.8 Å². The number of hydrogen-bond donors (Lipinski definition) is 0. The minimum Gasteiger partial charge on any atom is -0.275 e. The Bertz CT molecular complexity index is 878. The zero-order valence-electron chi connectivity index (χ0n) is 12.5. The monoisotopic (exact) mass is 524 g/mol. The van der Waals surface area contributed by atoms with Crippen molar-refractivity contribution in [2.24, 2.45) is 0 Å². The maximum Gasteiger partial charge on any atom is 0.192 e. The highest BCUT2D eigenvalue weighted by atomic mass is 127. The van der Waals surface area contributed by atoms with Crippen molar-refractivity contribution in [3.63, 3.8) is 0 Å². The highest BCUT2D eigenvalue weighted by Crippen LogP contribution is 2.04. The molecule has 10 heteroatoms. The summed E-state index contributed by atoms with van der Waals surface area (Å²) in [4.78, 5) is 0. The molecule has 0 aliphatic carbocycles. The Balaban J connectivity index is 0.000000131. The van der Waals surface area contributed by atoms with E-state index in [2.05, 4.69) is 65.6 Å². The first-order valence-electron chi connectivity index (χ1n) is 6.51. The molecule has 116 valence electrons. The van der Waals surface area contributed by atoms with Gasteiger partial charge in [-0.15, -0.1) is 9.26 Å². The number of rotatable bonds is 0. The van der Waals surface area contributed by atoms with Gasteiger partial charge < -0.3 is 0 Å². The predicted octanol–water partition coefficient (Wildman–Crippen LogP) is 0.197. The van der Waals surface area contributed by atoms with Gasteiger partial charge in [0.05, 0.1) is 7.40 Å².